The third-order valence-electron chi connectivity index (χ3n) is 3.55. The normalized spacial score (nSPS) is 16.9. The highest BCUT2D eigenvalue weighted by molar-refractivity contribution is 5.76. The van der Waals surface area contributed by atoms with Gasteiger partial charge in [-0.2, -0.15) is 0 Å². The zero-order chi connectivity index (χ0) is 16.3. The number of rotatable bonds is 5. The molecule has 1 aliphatic rings. The number of fused-ring (bicyclic) bond motifs is 1. The summed E-state index contributed by atoms with van der Waals surface area (Å²) in [5.41, 5.74) is 2.14. The Hall–Kier alpha value is -1.71. The minimum absolute atomic E-state index is 0.0106. The second-order valence-corrected chi connectivity index (χ2v) is 7.15. The third-order valence-corrected chi connectivity index (χ3v) is 3.55. The van der Waals surface area contributed by atoms with Crippen LogP contribution in [0.1, 0.15) is 52.2 Å². The molecule has 1 amide bonds. The molecule has 4 heteroatoms. The zero-order valence-electron chi connectivity index (χ0n) is 14.3. The molecule has 1 aliphatic heterocycles. The van der Waals surface area contributed by atoms with Crippen molar-refractivity contribution in [2.45, 2.75) is 60.1 Å². The van der Waals surface area contributed by atoms with E-state index in [0.717, 1.165) is 23.5 Å². The molecule has 22 heavy (non-hydrogen) atoms. The first-order valence-corrected chi connectivity index (χ1v) is 8.00. The molecule has 0 unspecified atom stereocenters. The molecule has 4 nitrogen and oxygen atoms in total. The fraction of sp³-hybridized carbons (Fsp3) is 0.611. The molecule has 0 fully saturated rings. The van der Waals surface area contributed by atoms with E-state index in [0.29, 0.717) is 19.6 Å². The summed E-state index contributed by atoms with van der Waals surface area (Å²) in [7, 11) is 0. The van der Waals surface area contributed by atoms with E-state index in [9.17, 15) is 4.79 Å². The highest BCUT2D eigenvalue weighted by Crippen LogP contribution is 2.35. The Kier molecular flexibility index (Phi) is 4.99. The van der Waals surface area contributed by atoms with Gasteiger partial charge in [0.05, 0.1) is 6.61 Å². The molecule has 1 aromatic rings. The van der Waals surface area contributed by atoms with Crippen LogP contribution in [0, 0.1) is 5.41 Å². The van der Waals surface area contributed by atoms with Gasteiger partial charge in [0.1, 0.15) is 17.6 Å². The number of nitrogens with one attached hydrogen (secondary N) is 1. The fourth-order valence-corrected chi connectivity index (χ4v) is 2.65. The Morgan fingerprint density at radius 1 is 1.41 bits per heavy atom. The van der Waals surface area contributed by atoms with Crippen LogP contribution in [-0.4, -0.2) is 18.6 Å². The molecule has 0 radical (unpaired) electrons. The van der Waals surface area contributed by atoms with Gasteiger partial charge in [0.2, 0.25) is 5.91 Å². The van der Waals surface area contributed by atoms with E-state index in [4.69, 9.17) is 9.47 Å². The molecular weight excluding hydrogens is 278 g/mol. The van der Waals surface area contributed by atoms with Gasteiger partial charge in [0, 0.05) is 30.5 Å². The van der Waals surface area contributed by atoms with Crippen LogP contribution in [0.2, 0.25) is 0 Å². The van der Waals surface area contributed by atoms with Crippen LogP contribution in [0.4, 0.5) is 0 Å². The first-order chi connectivity index (χ1) is 10.3. The van der Waals surface area contributed by atoms with Gasteiger partial charge in [-0.05, 0) is 31.4 Å². The molecule has 1 aromatic carbocycles. The van der Waals surface area contributed by atoms with Gasteiger partial charge in [0.15, 0.2) is 0 Å². The standard InChI is InChI=1S/C18H27NO3/c1-6-21-15-8-13-7-12(2)22-16(13)9-14(15)11-19-17(20)10-18(3,4)5/h8-9,12H,6-7,10-11H2,1-5H3,(H,19,20)/t12-/m0/s1. The van der Waals surface area contributed by atoms with Crippen LogP contribution in [0.15, 0.2) is 12.1 Å². The van der Waals surface area contributed by atoms with E-state index in [1.54, 1.807) is 0 Å². The largest absolute Gasteiger partial charge is 0.494 e. The quantitative estimate of drug-likeness (QED) is 0.906. The Balaban J connectivity index is 2.09. The Morgan fingerprint density at radius 3 is 2.77 bits per heavy atom. The van der Waals surface area contributed by atoms with Crippen LogP contribution in [0.5, 0.6) is 11.5 Å². The molecule has 0 spiro atoms. The number of carbonyl (C=O) groups excluding carboxylic acids is 1. The highest BCUT2D eigenvalue weighted by atomic mass is 16.5. The fourth-order valence-electron chi connectivity index (χ4n) is 2.65. The second kappa shape index (κ2) is 6.59. The Morgan fingerprint density at radius 2 is 2.14 bits per heavy atom. The average molecular weight is 305 g/mol. The van der Waals surface area contributed by atoms with Gasteiger partial charge in [-0.15, -0.1) is 0 Å². The molecule has 0 saturated carbocycles. The van der Waals surface area contributed by atoms with Crippen LogP contribution >= 0.6 is 0 Å². The molecule has 122 valence electrons. The summed E-state index contributed by atoms with van der Waals surface area (Å²) in [5.74, 6) is 1.82. The smallest absolute Gasteiger partial charge is 0.220 e. The second-order valence-electron chi connectivity index (χ2n) is 7.15. The minimum Gasteiger partial charge on any atom is -0.494 e. The number of benzene rings is 1. The van der Waals surface area contributed by atoms with Crippen molar-refractivity contribution >= 4 is 5.91 Å². The molecule has 1 atom stereocenters. The lowest BCUT2D eigenvalue weighted by molar-refractivity contribution is -0.122. The molecule has 0 bridgehead atoms. The van der Waals surface area contributed by atoms with E-state index in [-0.39, 0.29) is 17.4 Å². The van der Waals surface area contributed by atoms with E-state index in [2.05, 4.69) is 33.0 Å². The lowest BCUT2D eigenvalue weighted by atomic mass is 9.92. The Labute approximate surface area is 133 Å². The van der Waals surface area contributed by atoms with Crippen molar-refractivity contribution < 1.29 is 14.3 Å². The summed E-state index contributed by atoms with van der Waals surface area (Å²) in [4.78, 5) is 12.0. The predicted octanol–water partition coefficient (Wildman–Crippen LogP) is 3.46. The molecule has 1 N–H and O–H groups in total. The Bertz CT molecular complexity index is 546. The summed E-state index contributed by atoms with van der Waals surface area (Å²) in [5, 5.41) is 2.98. The summed E-state index contributed by atoms with van der Waals surface area (Å²) >= 11 is 0. The number of carbonyl (C=O) groups is 1. The number of ether oxygens (including phenoxy) is 2. The molecule has 0 saturated heterocycles. The van der Waals surface area contributed by atoms with Crippen molar-refractivity contribution in [1.29, 1.82) is 0 Å². The predicted molar refractivity (Wildman–Crippen MR) is 87.3 cm³/mol. The summed E-state index contributed by atoms with van der Waals surface area (Å²) in [6.45, 7) is 11.3. The van der Waals surface area contributed by atoms with E-state index < -0.39 is 0 Å². The average Bonchev–Trinajstić information content (AvgIpc) is 2.73. The van der Waals surface area contributed by atoms with Crippen molar-refractivity contribution in [2.75, 3.05) is 6.61 Å². The monoisotopic (exact) mass is 305 g/mol. The molecule has 0 aromatic heterocycles. The van der Waals surface area contributed by atoms with Crippen molar-refractivity contribution in [3.05, 3.63) is 23.3 Å². The lowest BCUT2D eigenvalue weighted by Gasteiger charge is -2.18. The maximum absolute atomic E-state index is 12.0. The SMILES string of the molecule is CCOc1cc2c(cc1CNC(=O)CC(C)(C)C)O[C@@H](C)C2. The first kappa shape index (κ1) is 16.7. The highest BCUT2D eigenvalue weighted by Gasteiger charge is 2.22. The maximum atomic E-state index is 12.0. The minimum atomic E-state index is -0.0106. The van der Waals surface area contributed by atoms with E-state index in [1.807, 2.05) is 19.1 Å². The van der Waals surface area contributed by atoms with Gasteiger partial charge in [0.25, 0.3) is 0 Å². The molecular formula is C18H27NO3. The van der Waals surface area contributed by atoms with E-state index >= 15 is 0 Å². The van der Waals surface area contributed by atoms with Crippen molar-refractivity contribution in [1.82, 2.24) is 5.32 Å². The van der Waals surface area contributed by atoms with Crippen molar-refractivity contribution in [3.8, 4) is 11.5 Å². The number of amides is 1. The van der Waals surface area contributed by atoms with Gasteiger partial charge in [-0.25, -0.2) is 0 Å². The van der Waals surface area contributed by atoms with Crippen LogP contribution < -0.4 is 14.8 Å². The van der Waals surface area contributed by atoms with Crippen LogP contribution in [0.25, 0.3) is 0 Å². The van der Waals surface area contributed by atoms with Crippen LogP contribution in [-0.2, 0) is 17.8 Å². The number of hydrogen-bond acceptors (Lipinski definition) is 3. The summed E-state index contributed by atoms with van der Waals surface area (Å²) < 4.78 is 11.5. The zero-order valence-corrected chi connectivity index (χ0v) is 14.3. The molecule has 0 aliphatic carbocycles. The maximum Gasteiger partial charge on any atom is 0.220 e. The topological polar surface area (TPSA) is 47.6 Å². The third kappa shape index (κ3) is 4.39. The lowest BCUT2D eigenvalue weighted by Crippen LogP contribution is -2.27. The number of hydrogen-bond donors (Lipinski definition) is 1. The summed E-state index contributed by atoms with van der Waals surface area (Å²) in [6, 6.07) is 4.05. The molecule has 1 heterocycles. The van der Waals surface area contributed by atoms with Crippen LogP contribution in [0.3, 0.4) is 0 Å². The molecule has 2 rings (SSSR count). The van der Waals surface area contributed by atoms with Gasteiger partial charge in [-0.1, -0.05) is 20.8 Å². The van der Waals surface area contributed by atoms with Gasteiger partial charge in [-0.3, -0.25) is 4.79 Å². The summed E-state index contributed by atoms with van der Waals surface area (Å²) in [6.07, 6.45) is 1.62. The van der Waals surface area contributed by atoms with Gasteiger partial charge >= 0.3 is 0 Å². The van der Waals surface area contributed by atoms with Gasteiger partial charge < -0.3 is 14.8 Å². The van der Waals surface area contributed by atoms with Crippen molar-refractivity contribution in [2.24, 2.45) is 5.41 Å². The van der Waals surface area contributed by atoms with E-state index in [1.165, 1.54) is 5.56 Å². The van der Waals surface area contributed by atoms with Crippen molar-refractivity contribution in [3.63, 3.8) is 0 Å². The first-order valence-electron chi connectivity index (χ1n) is 8.00.